The molecule has 2 nitrogen and oxygen atoms in total. The van der Waals surface area contributed by atoms with Crippen molar-refractivity contribution in [3.05, 3.63) is 29.6 Å². The van der Waals surface area contributed by atoms with E-state index in [-0.39, 0.29) is 16.8 Å². The normalized spacial score (nSPS) is 26.3. The van der Waals surface area contributed by atoms with Crippen molar-refractivity contribution in [2.75, 3.05) is 12.9 Å². The first-order chi connectivity index (χ1) is 9.51. The van der Waals surface area contributed by atoms with E-state index in [0.717, 1.165) is 5.75 Å². The van der Waals surface area contributed by atoms with Gasteiger partial charge in [-0.2, -0.15) is 11.8 Å². The molecular formula is C15H19FO2S2. The highest BCUT2D eigenvalue weighted by molar-refractivity contribution is 8.08. The first kappa shape index (κ1) is 15.7. The van der Waals surface area contributed by atoms with Gasteiger partial charge in [0.05, 0.1) is 12.4 Å². The van der Waals surface area contributed by atoms with E-state index in [4.69, 9.17) is 4.74 Å². The summed E-state index contributed by atoms with van der Waals surface area (Å²) in [4.78, 5) is 12.3. The number of thioether (sulfide) groups is 2. The number of halogens is 1. The number of hydrogen-bond acceptors (Lipinski definition) is 4. The number of ketones is 1. The lowest BCUT2D eigenvalue weighted by Crippen LogP contribution is -2.32. The maximum atomic E-state index is 13.6. The highest BCUT2D eigenvalue weighted by Crippen LogP contribution is 2.36. The Morgan fingerprint density at radius 2 is 2.15 bits per heavy atom. The van der Waals surface area contributed by atoms with Crippen LogP contribution in [0.2, 0.25) is 0 Å². The summed E-state index contributed by atoms with van der Waals surface area (Å²) >= 11 is 3.59. The van der Waals surface area contributed by atoms with E-state index in [0.29, 0.717) is 22.5 Å². The van der Waals surface area contributed by atoms with Crippen molar-refractivity contribution in [1.29, 1.82) is 0 Å². The number of rotatable bonds is 4. The molecule has 0 aromatic heterocycles. The van der Waals surface area contributed by atoms with Crippen molar-refractivity contribution in [3.63, 3.8) is 0 Å². The fourth-order valence-corrected chi connectivity index (χ4v) is 4.98. The van der Waals surface area contributed by atoms with Crippen molar-refractivity contribution in [2.45, 2.75) is 36.0 Å². The third-order valence-electron chi connectivity index (χ3n) is 3.50. The molecule has 0 aliphatic carbocycles. The van der Waals surface area contributed by atoms with Gasteiger partial charge < -0.3 is 4.74 Å². The molecule has 3 atom stereocenters. The first-order valence-electron chi connectivity index (χ1n) is 6.63. The van der Waals surface area contributed by atoms with Gasteiger partial charge >= 0.3 is 0 Å². The third kappa shape index (κ3) is 3.70. The van der Waals surface area contributed by atoms with Gasteiger partial charge in [0.15, 0.2) is 17.3 Å². The minimum absolute atomic E-state index is 0.0244. The molecule has 0 spiro atoms. The van der Waals surface area contributed by atoms with Crippen molar-refractivity contribution in [3.8, 4) is 5.75 Å². The average Bonchev–Trinajstić information content (AvgIpc) is 2.42. The van der Waals surface area contributed by atoms with Gasteiger partial charge in [-0.3, -0.25) is 4.79 Å². The summed E-state index contributed by atoms with van der Waals surface area (Å²) in [6.45, 7) is 4.36. The molecule has 1 aromatic carbocycles. The second kappa shape index (κ2) is 6.85. The quantitative estimate of drug-likeness (QED) is 0.849. The lowest BCUT2D eigenvalue weighted by molar-refractivity contribution is -0.117. The van der Waals surface area contributed by atoms with Crippen LogP contribution in [0.1, 0.15) is 19.4 Å². The van der Waals surface area contributed by atoms with Gasteiger partial charge in [0.1, 0.15) is 0 Å². The maximum absolute atomic E-state index is 13.6. The number of benzene rings is 1. The Morgan fingerprint density at radius 1 is 1.40 bits per heavy atom. The molecule has 0 amide bonds. The zero-order valence-electron chi connectivity index (χ0n) is 11.9. The predicted molar refractivity (Wildman–Crippen MR) is 84.4 cm³/mol. The summed E-state index contributed by atoms with van der Waals surface area (Å²) in [5.74, 6) is 0.843. The number of methoxy groups -OCH3 is 1. The molecule has 1 aliphatic heterocycles. The zero-order chi connectivity index (χ0) is 14.7. The van der Waals surface area contributed by atoms with Crippen LogP contribution in [0.5, 0.6) is 5.75 Å². The molecule has 20 heavy (non-hydrogen) atoms. The molecule has 1 aliphatic rings. The van der Waals surface area contributed by atoms with E-state index in [2.05, 4.69) is 13.8 Å². The topological polar surface area (TPSA) is 26.3 Å². The monoisotopic (exact) mass is 314 g/mol. The molecule has 1 fully saturated rings. The Hall–Kier alpha value is -0.680. The van der Waals surface area contributed by atoms with Crippen LogP contribution >= 0.6 is 23.5 Å². The van der Waals surface area contributed by atoms with E-state index in [1.165, 1.54) is 13.2 Å². The molecule has 1 heterocycles. The van der Waals surface area contributed by atoms with Gasteiger partial charge in [0.25, 0.3) is 0 Å². The van der Waals surface area contributed by atoms with Crippen molar-refractivity contribution < 1.29 is 13.9 Å². The Morgan fingerprint density at radius 3 is 2.75 bits per heavy atom. The second-order valence-corrected chi connectivity index (χ2v) is 7.98. The minimum Gasteiger partial charge on any atom is -0.494 e. The van der Waals surface area contributed by atoms with Crippen LogP contribution in [-0.2, 0) is 11.2 Å². The third-order valence-corrected chi connectivity index (χ3v) is 6.94. The van der Waals surface area contributed by atoms with E-state index < -0.39 is 5.82 Å². The molecule has 2 rings (SSSR count). The predicted octanol–water partition coefficient (Wildman–Crippen LogP) is 3.57. The highest BCUT2D eigenvalue weighted by atomic mass is 32.2. The van der Waals surface area contributed by atoms with Crippen molar-refractivity contribution in [1.82, 2.24) is 0 Å². The smallest absolute Gasteiger partial charge is 0.165 e. The van der Waals surface area contributed by atoms with Crippen LogP contribution in [0.3, 0.4) is 0 Å². The molecule has 0 bridgehead atoms. The molecular weight excluding hydrogens is 295 g/mol. The van der Waals surface area contributed by atoms with Crippen LogP contribution < -0.4 is 4.74 Å². The van der Waals surface area contributed by atoms with E-state index in [9.17, 15) is 9.18 Å². The lowest BCUT2D eigenvalue weighted by Gasteiger charge is -2.30. The van der Waals surface area contributed by atoms with Gasteiger partial charge in [0, 0.05) is 22.7 Å². The van der Waals surface area contributed by atoms with E-state index in [1.54, 1.807) is 23.9 Å². The number of hydrogen-bond donors (Lipinski definition) is 0. The van der Waals surface area contributed by atoms with Gasteiger partial charge in [-0.25, -0.2) is 4.39 Å². The fraction of sp³-hybridized carbons (Fsp3) is 0.533. The van der Waals surface area contributed by atoms with Gasteiger partial charge in [0.2, 0.25) is 0 Å². The Labute approximate surface area is 127 Å². The second-order valence-electron chi connectivity index (χ2n) is 4.98. The molecule has 0 radical (unpaired) electrons. The first-order valence-corrected chi connectivity index (χ1v) is 8.62. The summed E-state index contributed by atoms with van der Waals surface area (Å²) in [5.41, 5.74) is 0.713. The molecule has 5 heteroatoms. The number of carbonyl (C=O) groups excluding carboxylic acids is 1. The SMILES string of the molecule is COc1ccc(CC(=O)C2CSC(C)C(C)S2)cc1F. The average molecular weight is 314 g/mol. The molecule has 110 valence electrons. The summed E-state index contributed by atoms with van der Waals surface area (Å²) in [6.07, 6.45) is 0.292. The van der Waals surface area contributed by atoms with Crippen LogP contribution in [0, 0.1) is 5.82 Å². The molecule has 1 aromatic rings. The number of Topliss-reactive ketones (excluding diaryl/α,β-unsaturated/α-hetero) is 1. The Kier molecular flexibility index (Phi) is 5.38. The van der Waals surface area contributed by atoms with Crippen LogP contribution in [0.25, 0.3) is 0 Å². The number of carbonyl (C=O) groups is 1. The zero-order valence-corrected chi connectivity index (χ0v) is 13.5. The number of ether oxygens (including phenoxy) is 1. The summed E-state index contributed by atoms with van der Waals surface area (Å²) < 4.78 is 18.5. The molecule has 1 saturated heterocycles. The van der Waals surface area contributed by atoms with Crippen molar-refractivity contribution in [2.24, 2.45) is 0 Å². The largest absolute Gasteiger partial charge is 0.494 e. The van der Waals surface area contributed by atoms with Gasteiger partial charge in [-0.05, 0) is 17.7 Å². The molecule has 3 unspecified atom stereocenters. The lowest BCUT2D eigenvalue weighted by atomic mass is 10.1. The Balaban J connectivity index is 1.99. The van der Waals surface area contributed by atoms with Crippen LogP contribution in [0.4, 0.5) is 4.39 Å². The Bertz CT molecular complexity index is 493. The highest BCUT2D eigenvalue weighted by Gasteiger charge is 2.30. The van der Waals surface area contributed by atoms with Crippen molar-refractivity contribution >= 4 is 29.3 Å². The van der Waals surface area contributed by atoms with Crippen LogP contribution in [-0.4, -0.2) is 34.4 Å². The summed E-state index contributed by atoms with van der Waals surface area (Å²) in [7, 11) is 1.43. The maximum Gasteiger partial charge on any atom is 0.165 e. The van der Waals surface area contributed by atoms with Gasteiger partial charge in [-0.1, -0.05) is 19.9 Å². The summed E-state index contributed by atoms with van der Waals surface area (Å²) in [5, 5.41) is 1.09. The van der Waals surface area contributed by atoms with E-state index >= 15 is 0 Å². The standard InChI is InChI=1S/C15H19FO2S2/c1-9-10(2)20-15(8-19-9)13(17)7-11-4-5-14(18-3)12(16)6-11/h4-6,9-10,15H,7-8H2,1-3H3. The fourth-order valence-electron chi connectivity index (χ4n) is 2.09. The van der Waals surface area contributed by atoms with Gasteiger partial charge in [-0.15, -0.1) is 11.8 Å². The molecule has 0 N–H and O–H groups in total. The van der Waals surface area contributed by atoms with Crippen LogP contribution in [0.15, 0.2) is 18.2 Å². The minimum atomic E-state index is -0.412. The molecule has 0 saturated carbocycles. The summed E-state index contributed by atoms with van der Waals surface area (Å²) in [6, 6.07) is 4.72. The van der Waals surface area contributed by atoms with E-state index in [1.807, 2.05) is 11.8 Å².